The molecule has 7 nitrogen and oxygen atoms in total. The van der Waals surface area contributed by atoms with E-state index < -0.39 is 11.8 Å². The number of H-pyrrole nitrogens is 1. The molecule has 0 spiro atoms. The van der Waals surface area contributed by atoms with E-state index in [2.05, 4.69) is 37.4 Å². The molecule has 0 amide bonds. The fraction of sp³-hybridized carbons (Fsp3) is 0.273. The van der Waals surface area contributed by atoms with Crippen molar-refractivity contribution in [2.45, 2.75) is 38.1 Å². The molecule has 0 unspecified atom stereocenters. The minimum absolute atomic E-state index is 0.232. The number of halogens is 2. The molecule has 0 atom stereocenters. The molecule has 1 aliphatic rings. The zero-order valence-electron chi connectivity index (χ0n) is 17.3. The molecule has 10 heteroatoms. The summed E-state index contributed by atoms with van der Waals surface area (Å²) in [5.74, 6) is -1.63. The zero-order chi connectivity index (χ0) is 22.5. The summed E-state index contributed by atoms with van der Waals surface area (Å²) in [5.41, 5.74) is 1.43. The third-order valence-corrected chi connectivity index (χ3v) is 6.12. The molecule has 3 heterocycles. The summed E-state index contributed by atoms with van der Waals surface area (Å²) in [6.45, 7) is 4.03. The van der Waals surface area contributed by atoms with E-state index in [0.717, 1.165) is 48.4 Å². The van der Waals surface area contributed by atoms with Crippen molar-refractivity contribution >= 4 is 22.7 Å². The molecule has 166 valence electrons. The summed E-state index contributed by atoms with van der Waals surface area (Å²) in [4.78, 5) is 8.13. The lowest BCUT2D eigenvalue weighted by atomic mass is 9.96. The van der Waals surface area contributed by atoms with Crippen molar-refractivity contribution in [3.8, 4) is 10.6 Å². The Hall–Kier alpha value is -3.40. The predicted octanol–water partition coefficient (Wildman–Crippen LogP) is 4.60. The van der Waals surface area contributed by atoms with E-state index in [9.17, 15) is 8.78 Å². The van der Waals surface area contributed by atoms with Gasteiger partial charge in [0.25, 0.3) is 0 Å². The average molecular weight is 456 g/mol. The van der Waals surface area contributed by atoms with Crippen LogP contribution in [-0.2, 0) is 0 Å². The minimum atomic E-state index is -0.853. The first kappa shape index (κ1) is 21.8. The highest BCUT2D eigenvalue weighted by atomic mass is 32.1. The molecule has 0 radical (unpaired) electrons. The van der Waals surface area contributed by atoms with Crippen molar-refractivity contribution in [3.05, 3.63) is 71.5 Å². The maximum Gasteiger partial charge on any atom is 0.213 e. The third kappa shape index (κ3) is 5.08. The fourth-order valence-corrected chi connectivity index (χ4v) is 4.32. The summed E-state index contributed by atoms with van der Waals surface area (Å²) in [5, 5.41) is 24.1. The number of pyridine rings is 1. The Balaban J connectivity index is 1.57. The molecule has 0 bridgehead atoms. The number of nitrogens with zero attached hydrogens (tertiary/aromatic N) is 3. The Bertz CT molecular complexity index is 1130. The van der Waals surface area contributed by atoms with E-state index in [0.29, 0.717) is 11.4 Å². The lowest BCUT2D eigenvalue weighted by Crippen LogP contribution is -2.30. The van der Waals surface area contributed by atoms with Gasteiger partial charge >= 0.3 is 0 Å². The monoisotopic (exact) mass is 455 g/mol. The maximum atomic E-state index is 14.3. The summed E-state index contributed by atoms with van der Waals surface area (Å²) in [7, 11) is 0. The van der Waals surface area contributed by atoms with Gasteiger partial charge in [0.2, 0.25) is 5.95 Å². The second kappa shape index (κ2) is 9.82. The van der Waals surface area contributed by atoms with E-state index in [1.165, 1.54) is 17.8 Å². The van der Waals surface area contributed by atoms with E-state index in [1.807, 2.05) is 5.38 Å². The second-order valence-corrected chi connectivity index (χ2v) is 8.39. The van der Waals surface area contributed by atoms with Gasteiger partial charge in [-0.15, -0.1) is 11.3 Å². The van der Waals surface area contributed by atoms with Crippen LogP contribution < -0.4 is 10.6 Å². The highest BCUT2D eigenvalue weighted by Crippen LogP contribution is 2.25. The van der Waals surface area contributed by atoms with Gasteiger partial charge in [-0.2, -0.15) is 9.49 Å². The smallest absolute Gasteiger partial charge is 0.213 e. The van der Waals surface area contributed by atoms with Gasteiger partial charge in [0.15, 0.2) is 5.82 Å². The summed E-state index contributed by atoms with van der Waals surface area (Å²) >= 11 is 1.43. The molecule has 1 saturated carbocycles. The number of thiazole rings is 1. The molecule has 4 rings (SSSR count). The van der Waals surface area contributed by atoms with Crippen molar-refractivity contribution in [1.82, 2.24) is 30.8 Å². The van der Waals surface area contributed by atoms with Gasteiger partial charge in [-0.1, -0.05) is 25.8 Å². The molecule has 0 aliphatic heterocycles. The minimum Gasteiger partial charge on any atom is -0.386 e. The number of hydrogen-bond donors (Lipinski definition) is 4. The van der Waals surface area contributed by atoms with Gasteiger partial charge in [-0.25, -0.2) is 14.4 Å². The van der Waals surface area contributed by atoms with Gasteiger partial charge in [0, 0.05) is 29.4 Å². The normalized spacial score (nSPS) is 14.9. The van der Waals surface area contributed by atoms with Crippen LogP contribution in [0.3, 0.4) is 0 Å². The molecule has 32 heavy (non-hydrogen) atoms. The van der Waals surface area contributed by atoms with E-state index in [1.54, 1.807) is 18.6 Å². The van der Waals surface area contributed by atoms with Gasteiger partial charge in [0.05, 0.1) is 23.3 Å². The molecular formula is C22H23F2N7S. The van der Waals surface area contributed by atoms with Crippen molar-refractivity contribution in [3.63, 3.8) is 0 Å². The molecular weight excluding hydrogens is 432 g/mol. The van der Waals surface area contributed by atoms with Crippen molar-refractivity contribution in [1.29, 1.82) is 5.41 Å². The summed E-state index contributed by atoms with van der Waals surface area (Å²) < 4.78 is 28.0. The number of nitrogens with one attached hydrogen (secondary N) is 4. The van der Waals surface area contributed by atoms with Gasteiger partial charge in [0.1, 0.15) is 16.4 Å². The van der Waals surface area contributed by atoms with Crippen LogP contribution in [0.15, 0.2) is 48.4 Å². The Morgan fingerprint density at radius 1 is 1.22 bits per heavy atom. The molecule has 4 N–H and O–H groups in total. The fourth-order valence-electron chi connectivity index (χ4n) is 3.50. The predicted molar refractivity (Wildman–Crippen MR) is 121 cm³/mol. The quantitative estimate of drug-likeness (QED) is 0.294. The molecule has 1 fully saturated rings. The SMILES string of the molecule is C=C(N/C(=C/NC1CCCCC1)C(=N)c1nc(F)ccc1F)c1csc(-c2cn[nH]c2)n1. The topological polar surface area (TPSA) is 102 Å². The van der Waals surface area contributed by atoms with Crippen LogP contribution in [0.1, 0.15) is 43.5 Å². The first-order valence-corrected chi connectivity index (χ1v) is 11.2. The maximum absolute atomic E-state index is 14.3. The molecule has 3 aromatic rings. The number of allylic oxidation sites excluding steroid dienone is 1. The average Bonchev–Trinajstić information content (AvgIpc) is 3.50. The van der Waals surface area contributed by atoms with Crippen LogP contribution in [0, 0.1) is 17.2 Å². The Morgan fingerprint density at radius 2 is 2.03 bits per heavy atom. The lowest BCUT2D eigenvalue weighted by Gasteiger charge is -2.23. The van der Waals surface area contributed by atoms with Crippen molar-refractivity contribution in [2.75, 3.05) is 0 Å². The number of aromatic amines is 1. The van der Waals surface area contributed by atoms with Gasteiger partial charge in [-0.3, -0.25) is 10.5 Å². The molecule has 3 aromatic heterocycles. The Kier molecular flexibility index (Phi) is 6.69. The first-order chi connectivity index (χ1) is 15.5. The van der Waals surface area contributed by atoms with E-state index in [-0.39, 0.29) is 23.1 Å². The largest absolute Gasteiger partial charge is 0.386 e. The molecule has 0 saturated heterocycles. The van der Waals surface area contributed by atoms with Crippen molar-refractivity contribution < 1.29 is 8.78 Å². The zero-order valence-corrected chi connectivity index (χ0v) is 18.1. The standard InChI is InChI=1S/C22H23F2N7S/c1-13(18-12-32-22(30-18)14-9-27-28-10-14)29-17(11-26-15-5-3-2-4-6-15)20(25)21-16(23)7-8-19(24)31-21/h7-12,15,25-26,29H,1-6H2,(H,27,28)/b17-11+,25-20?. The number of aromatic nitrogens is 4. The van der Waals surface area contributed by atoms with E-state index in [4.69, 9.17) is 5.41 Å². The van der Waals surface area contributed by atoms with Crippen LogP contribution in [-0.4, -0.2) is 31.9 Å². The van der Waals surface area contributed by atoms with Crippen LogP contribution >= 0.6 is 11.3 Å². The third-order valence-electron chi connectivity index (χ3n) is 5.23. The van der Waals surface area contributed by atoms with E-state index >= 15 is 0 Å². The van der Waals surface area contributed by atoms with Crippen LogP contribution in [0.5, 0.6) is 0 Å². The van der Waals surface area contributed by atoms with Crippen LogP contribution in [0.4, 0.5) is 8.78 Å². The highest BCUT2D eigenvalue weighted by molar-refractivity contribution is 7.13. The number of hydrogen-bond acceptors (Lipinski definition) is 7. The Labute approximate surface area is 188 Å². The number of rotatable bonds is 8. The summed E-state index contributed by atoms with van der Waals surface area (Å²) in [6, 6.07) is 2.15. The Morgan fingerprint density at radius 3 is 2.78 bits per heavy atom. The molecule has 1 aliphatic carbocycles. The van der Waals surface area contributed by atoms with Gasteiger partial charge in [-0.05, 0) is 25.0 Å². The second-order valence-electron chi connectivity index (χ2n) is 7.53. The highest BCUT2D eigenvalue weighted by Gasteiger charge is 2.19. The summed E-state index contributed by atoms with van der Waals surface area (Å²) in [6.07, 6.45) is 10.6. The first-order valence-electron chi connectivity index (χ1n) is 10.3. The lowest BCUT2D eigenvalue weighted by molar-refractivity contribution is 0.404. The van der Waals surface area contributed by atoms with Crippen molar-refractivity contribution in [2.24, 2.45) is 0 Å². The van der Waals surface area contributed by atoms with Gasteiger partial charge < -0.3 is 10.6 Å². The molecule has 0 aromatic carbocycles. The van der Waals surface area contributed by atoms with Crippen LogP contribution in [0.25, 0.3) is 16.3 Å². The van der Waals surface area contributed by atoms with Crippen LogP contribution in [0.2, 0.25) is 0 Å².